The molecule has 1 fully saturated rings. The van der Waals surface area contributed by atoms with E-state index in [9.17, 15) is 4.79 Å². The van der Waals surface area contributed by atoms with Crippen molar-refractivity contribution >= 4 is 17.1 Å². The largest absolute Gasteiger partial charge is 0.300 e. The molecule has 0 saturated heterocycles. The van der Waals surface area contributed by atoms with E-state index in [4.69, 9.17) is 0 Å². The van der Waals surface area contributed by atoms with Gasteiger partial charge in [0.1, 0.15) is 5.78 Å². The maximum Gasteiger partial charge on any atom is 0.133 e. The Bertz CT molecular complexity index is 305. The normalized spacial score (nSPS) is 23.4. The van der Waals surface area contributed by atoms with Crippen LogP contribution in [0.1, 0.15) is 35.9 Å². The first-order chi connectivity index (χ1) is 5.75. The van der Waals surface area contributed by atoms with Crippen molar-refractivity contribution in [2.45, 2.75) is 32.1 Å². The molecule has 0 N–H and O–H groups in total. The quantitative estimate of drug-likeness (QED) is 0.665. The fourth-order valence-electron chi connectivity index (χ4n) is 1.63. The third-order valence-corrected chi connectivity index (χ3v) is 3.09. The number of carbonyl (C=O) groups is 1. The van der Waals surface area contributed by atoms with Gasteiger partial charge in [0.05, 0.1) is 10.7 Å². The van der Waals surface area contributed by atoms with Crippen molar-refractivity contribution in [3.8, 4) is 0 Å². The Morgan fingerprint density at radius 3 is 3.00 bits per heavy atom. The number of aryl methyl sites for hydroxylation is 1. The summed E-state index contributed by atoms with van der Waals surface area (Å²) in [6, 6.07) is 0. The van der Waals surface area contributed by atoms with Crippen LogP contribution in [-0.4, -0.2) is 10.8 Å². The molecule has 12 heavy (non-hydrogen) atoms. The molecule has 0 aliphatic heterocycles. The molecule has 3 heteroatoms. The van der Waals surface area contributed by atoms with E-state index in [1.165, 1.54) is 0 Å². The van der Waals surface area contributed by atoms with E-state index >= 15 is 0 Å². The van der Waals surface area contributed by atoms with Crippen LogP contribution in [0.4, 0.5) is 0 Å². The number of rotatable bonds is 1. The summed E-state index contributed by atoms with van der Waals surface area (Å²) in [7, 11) is 0. The van der Waals surface area contributed by atoms with Crippen molar-refractivity contribution in [2.75, 3.05) is 0 Å². The molecule has 2 nitrogen and oxygen atoms in total. The second-order valence-electron chi connectivity index (χ2n) is 3.27. The Morgan fingerprint density at radius 2 is 2.50 bits per heavy atom. The number of nitrogens with zero attached hydrogens (tertiary/aromatic N) is 1. The summed E-state index contributed by atoms with van der Waals surface area (Å²) in [5.41, 5.74) is 1.13. The Kier molecular flexibility index (Phi) is 1.97. The monoisotopic (exact) mass is 181 g/mol. The number of aromatic nitrogens is 1. The van der Waals surface area contributed by atoms with Crippen LogP contribution in [-0.2, 0) is 4.79 Å². The molecular weight excluding hydrogens is 170 g/mol. The molecule has 1 aliphatic rings. The van der Waals surface area contributed by atoms with E-state index in [0.717, 1.165) is 23.5 Å². The van der Waals surface area contributed by atoms with Gasteiger partial charge in [-0.05, 0) is 13.3 Å². The fourth-order valence-corrected chi connectivity index (χ4v) is 2.33. The van der Waals surface area contributed by atoms with Gasteiger partial charge in [0.2, 0.25) is 0 Å². The average Bonchev–Trinajstić information content (AvgIpc) is 2.58. The highest BCUT2D eigenvalue weighted by molar-refractivity contribution is 7.09. The Balaban J connectivity index is 2.15. The number of Topliss-reactive ketones (excluding diaryl/α,β-unsaturated/α-hetero) is 1. The molecule has 1 aromatic rings. The number of carbonyl (C=O) groups excluding carboxylic acids is 1. The zero-order valence-corrected chi connectivity index (χ0v) is 7.86. The zero-order chi connectivity index (χ0) is 8.55. The first-order valence-corrected chi connectivity index (χ1v) is 5.07. The van der Waals surface area contributed by atoms with Crippen LogP contribution in [0.15, 0.2) is 5.38 Å². The Hall–Kier alpha value is -0.700. The maximum absolute atomic E-state index is 11.0. The lowest BCUT2D eigenvalue weighted by Gasteiger charge is -2.01. The van der Waals surface area contributed by atoms with Crippen molar-refractivity contribution in [3.05, 3.63) is 16.1 Å². The van der Waals surface area contributed by atoms with E-state index < -0.39 is 0 Å². The first kappa shape index (κ1) is 7.92. The molecule has 2 rings (SSSR count). The molecular formula is C9H11NOS. The van der Waals surface area contributed by atoms with Gasteiger partial charge in [-0.1, -0.05) is 0 Å². The summed E-state index contributed by atoms with van der Waals surface area (Å²) in [5, 5.41) is 3.18. The van der Waals surface area contributed by atoms with E-state index in [1.807, 2.05) is 6.92 Å². The first-order valence-electron chi connectivity index (χ1n) is 4.19. The van der Waals surface area contributed by atoms with Gasteiger partial charge in [-0.3, -0.25) is 4.79 Å². The highest BCUT2D eigenvalue weighted by Gasteiger charge is 2.24. The lowest BCUT2D eigenvalue weighted by atomic mass is 10.1. The van der Waals surface area contributed by atoms with Crippen LogP contribution in [0.3, 0.4) is 0 Å². The summed E-state index contributed by atoms with van der Waals surface area (Å²) < 4.78 is 0. The Labute approximate surface area is 75.6 Å². The summed E-state index contributed by atoms with van der Waals surface area (Å²) in [6.07, 6.45) is 2.46. The van der Waals surface area contributed by atoms with Crippen LogP contribution in [0.2, 0.25) is 0 Å². The molecule has 1 aromatic heterocycles. The minimum absolute atomic E-state index is 0.394. The molecule has 64 valence electrons. The van der Waals surface area contributed by atoms with Gasteiger partial charge < -0.3 is 0 Å². The lowest BCUT2D eigenvalue weighted by molar-refractivity contribution is -0.117. The maximum atomic E-state index is 11.0. The predicted molar refractivity (Wildman–Crippen MR) is 48.5 cm³/mol. The average molecular weight is 181 g/mol. The van der Waals surface area contributed by atoms with Gasteiger partial charge in [0, 0.05) is 24.1 Å². The standard InChI is InChI=1S/C9H11NOS/c1-6-10-9(5-12-6)7-2-3-8(11)4-7/h5,7H,2-4H2,1H3. The summed E-state index contributed by atoms with van der Waals surface area (Å²) in [6.45, 7) is 2.00. The van der Waals surface area contributed by atoms with Crippen molar-refractivity contribution in [1.82, 2.24) is 4.98 Å². The van der Waals surface area contributed by atoms with E-state index in [1.54, 1.807) is 11.3 Å². The number of thiazole rings is 1. The van der Waals surface area contributed by atoms with Crippen molar-refractivity contribution < 1.29 is 4.79 Å². The highest BCUT2D eigenvalue weighted by atomic mass is 32.1. The van der Waals surface area contributed by atoms with E-state index in [-0.39, 0.29) is 0 Å². The van der Waals surface area contributed by atoms with Crippen LogP contribution in [0.5, 0.6) is 0 Å². The Morgan fingerprint density at radius 1 is 1.67 bits per heavy atom. The minimum atomic E-state index is 0.394. The van der Waals surface area contributed by atoms with Crippen LogP contribution < -0.4 is 0 Å². The fraction of sp³-hybridized carbons (Fsp3) is 0.556. The van der Waals surface area contributed by atoms with Crippen LogP contribution >= 0.6 is 11.3 Å². The number of hydrogen-bond donors (Lipinski definition) is 0. The van der Waals surface area contributed by atoms with Crippen molar-refractivity contribution in [3.63, 3.8) is 0 Å². The minimum Gasteiger partial charge on any atom is -0.300 e. The molecule has 0 radical (unpaired) electrons. The summed E-state index contributed by atoms with van der Waals surface area (Å²) >= 11 is 1.67. The summed E-state index contributed by atoms with van der Waals surface area (Å²) in [4.78, 5) is 15.4. The molecule has 1 atom stereocenters. The van der Waals surface area contributed by atoms with Gasteiger partial charge in [0.25, 0.3) is 0 Å². The van der Waals surface area contributed by atoms with Gasteiger partial charge >= 0.3 is 0 Å². The summed E-state index contributed by atoms with van der Waals surface area (Å²) in [5.74, 6) is 0.813. The SMILES string of the molecule is Cc1nc(C2CCC(=O)C2)cs1. The third kappa shape index (κ3) is 1.41. The predicted octanol–water partition coefficient (Wildman–Crippen LogP) is 2.29. The third-order valence-electron chi connectivity index (χ3n) is 2.30. The molecule has 0 aromatic carbocycles. The zero-order valence-electron chi connectivity index (χ0n) is 7.04. The molecule has 1 aliphatic carbocycles. The van der Waals surface area contributed by atoms with Crippen LogP contribution in [0, 0.1) is 6.92 Å². The van der Waals surface area contributed by atoms with E-state index in [0.29, 0.717) is 18.1 Å². The topological polar surface area (TPSA) is 30.0 Å². The smallest absolute Gasteiger partial charge is 0.133 e. The van der Waals surface area contributed by atoms with Crippen molar-refractivity contribution in [2.24, 2.45) is 0 Å². The van der Waals surface area contributed by atoms with E-state index in [2.05, 4.69) is 10.4 Å². The number of ketones is 1. The second-order valence-corrected chi connectivity index (χ2v) is 4.33. The molecule has 0 bridgehead atoms. The van der Waals surface area contributed by atoms with Gasteiger partial charge in [-0.15, -0.1) is 11.3 Å². The molecule has 1 unspecified atom stereocenters. The van der Waals surface area contributed by atoms with Gasteiger partial charge in [-0.25, -0.2) is 4.98 Å². The lowest BCUT2D eigenvalue weighted by Crippen LogP contribution is -1.94. The van der Waals surface area contributed by atoms with Crippen LogP contribution in [0.25, 0.3) is 0 Å². The second kappa shape index (κ2) is 2.98. The molecule has 1 saturated carbocycles. The molecule has 0 spiro atoms. The van der Waals surface area contributed by atoms with Crippen molar-refractivity contribution in [1.29, 1.82) is 0 Å². The molecule has 1 heterocycles. The highest BCUT2D eigenvalue weighted by Crippen LogP contribution is 2.32. The molecule has 0 amide bonds. The van der Waals surface area contributed by atoms with Gasteiger partial charge in [-0.2, -0.15) is 0 Å². The number of hydrogen-bond acceptors (Lipinski definition) is 3. The van der Waals surface area contributed by atoms with Gasteiger partial charge in [0.15, 0.2) is 0 Å².